The Morgan fingerprint density at radius 2 is 1.89 bits per heavy atom. The monoisotopic (exact) mass is 270 g/mol. The van der Waals surface area contributed by atoms with E-state index in [0.29, 0.717) is 17.8 Å². The van der Waals surface area contributed by atoms with Gasteiger partial charge in [0.2, 0.25) is 5.91 Å². The van der Waals surface area contributed by atoms with E-state index in [1.165, 1.54) is 6.92 Å². The molecule has 0 bridgehead atoms. The van der Waals surface area contributed by atoms with Gasteiger partial charge in [0, 0.05) is 11.4 Å². The van der Waals surface area contributed by atoms with Crippen molar-refractivity contribution in [1.29, 1.82) is 0 Å². The number of rotatable bonds is 5. The van der Waals surface area contributed by atoms with Gasteiger partial charge in [-0.15, -0.1) is 0 Å². The van der Waals surface area contributed by atoms with E-state index in [2.05, 4.69) is 5.32 Å². The van der Waals surface area contributed by atoms with Crippen molar-refractivity contribution in [2.45, 2.75) is 25.5 Å². The van der Waals surface area contributed by atoms with Gasteiger partial charge in [0.05, 0.1) is 5.75 Å². The van der Waals surface area contributed by atoms with E-state index >= 15 is 0 Å². The standard InChI is InChI=1S/C12H18N2O3S/c1-3-8-18(16,17)9(2)12(15)14-11-6-4-10(13)5-7-11/h4-7,9H,3,8,13H2,1-2H3,(H,14,15). The number of nitrogens with one attached hydrogen (secondary N) is 1. The zero-order valence-corrected chi connectivity index (χ0v) is 11.3. The molecule has 0 aliphatic rings. The van der Waals surface area contributed by atoms with Gasteiger partial charge in [-0.1, -0.05) is 6.92 Å². The number of carbonyl (C=O) groups excluding carboxylic acids is 1. The predicted octanol–water partition coefficient (Wildman–Crippen LogP) is 1.42. The van der Waals surface area contributed by atoms with E-state index in [-0.39, 0.29) is 5.75 Å². The SMILES string of the molecule is CCCS(=O)(=O)C(C)C(=O)Nc1ccc(N)cc1. The Labute approximate surface area is 107 Å². The first-order valence-electron chi connectivity index (χ1n) is 5.75. The number of carbonyl (C=O) groups is 1. The molecule has 0 spiro atoms. The van der Waals surface area contributed by atoms with Gasteiger partial charge in [0.1, 0.15) is 5.25 Å². The van der Waals surface area contributed by atoms with Gasteiger partial charge in [-0.05, 0) is 37.6 Å². The van der Waals surface area contributed by atoms with Crippen molar-refractivity contribution in [3.63, 3.8) is 0 Å². The number of benzene rings is 1. The summed E-state index contributed by atoms with van der Waals surface area (Å²) in [5.41, 5.74) is 6.64. The highest BCUT2D eigenvalue weighted by molar-refractivity contribution is 7.92. The molecule has 1 rings (SSSR count). The second kappa shape index (κ2) is 5.86. The first-order chi connectivity index (χ1) is 8.36. The molecule has 0 radical (unpaired) electrons. The molecule has 1 amide bonds. The molecule has 1 aromatic carbocycles. The molecule has 0 saturated heterocycles. The number of hydrogen-bond acceptors (Lipinski definition) is 4. The van der Waals surface area contributed by atoms with Crippen LogP contribution < -0.4 is 11.1 Å². The van der Waals surface area contributed by atoms with Crippen LogP contribution in [0.3, 0.4) is 0 Å². The van der Waals surface area contributed by atoms with Gasteiger partial charge in [-0.25, -0.2) is 8.42 Å². The predicted molar refractivity (Wildman–Crippen MR) is 73.0 cm³/mol. The molecule has 0 saturated carbocycles. The molecule has 0 aromatic heterocycles. The molecule has 5 nitrogen and oxygen atoms in total. The molecule has 1 unspecified atom stereocenters. The zero-order valence-electron chi connectivity index (χ0n) is 10.5. The number of nitrogens with two attached hydrogens (primary N) is 1. The highest BCUT2D eigenvalue weighted by Gasteiger charge is 2.26. The Hall–Kier alpha value is -1.56. The summed E-state index contributed by atoms with van der Waals surface area (Å²) in [7, 11) is -3.37. The fourth-order valence-corrected chi connectivity index (χ4v) is 2.74. The largest absolute Gasteiger partial charge is 0.399 e. The minimum Gasteiger partial charge on any atom is -0.399 e. The minimum atomic E-state index is -3.37. The highest BCUT2D eigenvalue weighted by Crippen LogP contribution is 2.12. The molecule has 6 heteroatoms. The maximum Gasteiger partial charge on any atom is 0.242 e. The van der Waals surface area contributed by atoms with Gasteiger partial charge < -0.3 is 11.1 Å². The van der Waals surface area contributed by atoms with Gasteiger partial charge in [-0.3, -0.25) is 4.79 Å². The van der Waals surface area contributed by atoms with E-state index in [1.54, 1.807) is 31.2 Å². The van der Waals surface area contributed by atoms with Crippen molar-refractivity contribution in [3.8, 4) is 0 Å². The van der Waals surface area contributed by atoms with Crippen LogP contribution in [-0.2, 0) is 14.6 Å². The molecular weight excluding hydrogens is 252 g/mol. The number of sulfone groups is 1. The Kier molecular flexibility index (Phi) is 4.72. The third-order valence-corrected chi connectivity index (χ3v) is 4.84. The molecule has 18 heavy (non-hydrogen) atoms. The van der Waals surface area contributed by atoms with E-state index in [0.717, 1.165) is 0 Å². The molecule has 100 valence electrons. The molecule has 0 aliphatic carbocycles. The fourth-order valence-electron chi connectivity index (χ4n) is 1.43. The first-order valence-corrected chi connectivity index (χ1v) is 7.46. The second-order valence-electron chi connectivity index (χ2n) is 4.12. The third kappa shape index (κ3) is 3.73. The van der Waals surface area contributed by atoms with Crippen LogP contribution in [0.2, 0.25) is 0 Å². The average Bonchev–Trinajstić information content (AvgIpc) is 2.31. The van der Waals surface area contributed by atoms with Crippen molar-refractivity contribution in [3.05, 3.63) is 24.3 Å². The van der Waals surface area contributed by atoms with Crippen molar-refractivity contribution in [2.24, 2.45) is 0 Å². The summed E-state index contributed by atoms with van der Waals surface area (Å²) in [6.07, 6.45) is 0.502. The number of anilines is 2. The Bertz CT molecular complexity index is 509. The van der Waals surface area contributed by atoms with Crippen LogP contribution in [0.5, 0.6) is 0 Å². The van der Waals surface area contributed by atoms with Gasteiger partial charge in [0.25, 0.3) is 0 Å². The molecule has 0 fully saturated rings. The Balaban J connectivity index is 2.74. The molecule has 1 aromatic rings. The molecule has 1 atom stereocenters. The Morgan fingerprint density at radius 3 is 2.39 bits per heavy atom. The number of nitrogen functional groups attached to an aromatic ring is 1. The van der Waals surface area contributed by atoms with Crippen molar-refractivity contribution in [1.82, 2.24) is 0 Å². The molecule has 0 heterocycles. The Morgan fingerprint density at radius 1 is 1.33 bits per heavy atom. The van der Waals surface area contributed by atoms with Gasteiger partial charge >= 0.3 is 0 Å². The fraction of sp³-hybridized carbons (Fsp3) is 0.417. The average molecular weight is 270 g/mol. The highest BCUT2D eigenvalue weighted by atomic mass is 32.2. The van der Waals surface area contributed by atoms with Gasteiger partial charge in [0.15, 0.2) is 9.84 Å². The van der Waals surface area contributed by atoms with E-state index < -0.39 is 21.0 Å². The quantitative estimate of drug-likeness (QED) is 0.792. The van der Waals surface area contributed by atoms with Crippen LogP contribution in [0, 0.1) is 0 Å². The third-order valence-electron chi connectivity index (χ3n) is 2.57. The summed E-state index contributed by atoms with van der Waals surface area (Å²) < 4.78 is 23.5. The van der Waals surface area contributed by atoms with Crippen LogP contribution in [0.25, 0.3) is 0 Å². The minimum absolute atomic E-state index is 0.0172. The summed E-state index contributed by atoms with van der Waals surface area (Å²) in [4.78, 5) is 11.8. The number of amides is 1. The lowest BCUT2D eigenvalue weighted by molar-refractivity contribution is -0.115. The lowest BCUT2D eigenvalue weighted by Gasteiger charge is -2.12. The molecular formula is C12H18N2O3S. The van der Waals surface area contributed by atoms with E-state index in [9.17, 15) is 13.2 Å². The maximum absolute atomic E-state index is 11.8. The van der Waals surface area contributed by atoms with Crippen molar-refractivity contribution >= 4 is 27.1 Å². The zero-order chi connectivity index (χ0) is 13.8. The smallest absolute Gasteiger partial charge is 0.242 e. The number of hydrogen-bond donors (Lipinski definition) is 2. The second-order valence-corrected chi connectivity index (χ2v) is 6.56. The summed E-state index contributed by atoms with van der Waals surface area (Å²) in [5.74, 6) is -0.503. The van der Waals surface area contributed by atoms with E-state index in [4.69, 9.17) is 5.73 Å². The van der Waals surface area contributed by atoms with Crippen LogP contribution in [-0.4, -0.2) is 25.3 Å². The van der Waals surface area contributed by atoms with E-state index in [1.807, 2.05) is 0 Å². The summed E-state index contributed by atoms with van der Waals surface area (Å²) in [5, 5.41) is 1.51. The summed E-state index contributed by atoms with van der Waals surface area (Å²) in [6, 6.07) is 6.54. The van der Waals surface area contributed by atoms with Crippen LogP contribution in [0.15, 0.2) is 24.3 Å². The normalized spacial score (nSPS) is 13.0. The lowest BCUT2D eigenvalue weighted by Crippen LogP contribution is -2.34. The maximum atomic E-state index is 11.8. The van der Waals surface area contributed by atoms with Gasteiger partial charge in [-0.2, -0.15) is 0 Å². The van der Waals surface area contributed by atoms with Crippen LogP contribution in [0.4, 0.5) is 11.4 Å². The topological polar surface area (TPSA) is 89.3 Å². The summed E-state index contributed by atoms with van der Waals surface area (Å²) in [6.45, 7) is 3.17. The van der Waals surface area contributed by atoms with Crippen LogP contribution in [0.1, 0.15) is 20.3 Å². The van der Waals surface area contributed by atoms with Crippen molar-refractivity contribution < 1.29 is 13.2 Å². The van der Waals surface area contributed by atoms with Crippen LogP contribution >= 0.6 is 0 Å². The first kappa shape index (κ1) is 14.5. The molecule has 0 aliphatic heterocycles. The molecule has 3 N–H and O–H groups in total. The lowest BCUT2D eigenvalue weighted by atomic mass is 10.3. The summed E-state index contributed by atoms with van der Waals surface area (Å²) >= 11 is 0. The van der Waals surface area contributed by atoms with Crippen molar-refractivity contribution in [2.75, 3.05) is 16.8 Å².